The summed E-state index contributed by atoms with van der Waals surface area (Å²) in [5.41, 5.74) is 5.92. The van der Waals surface area contributed by atoms with Crippen LogP contribution in [0.3, 0.4) is 0 Å². The number of amides is 1. The first-order chi connectivity index (χ1) is 33.7. The van der Waals surface area contributed by atoms with E-state index in [1.807, 2.05) is 31.2 Å². The van der Waals surface area contributed by atoms with Crippen LogP contribution in [-0.2, 0) is 36.8 Å². The number of aromatic nitrogens is 5. The lowest BCUT2D eigenvalue weighted by molar-refractivity contribution is -0.119. The van der Waals surface area contributed by atoms with Gasteiger partial charge in [0.1, 0.15) is 29.0 Å². The highest BCUT2D eigenvalue weighted by Gasteiger charge is 2.31. The number of likely N-dealkylation sites (N-methyl/N-ethyl adjacent to an activating group) is 1. The molecule has 3 aromatic heterocycles. The number of nitrogens with one attached hydrogen (secondary N) is 2. The number of fused-ring (bicyclic) bond motifs is 4. The average Bonchev–Trinajstić information content (AvgIpc) is 3.79. The molecule has 0 atom stereocenters. The smallest absolute Gasteiger partial charge is 0.216 e. The molecule has 5 aromatic rings. The maximum Gasteiger partial charge on any atom is 0.216 e. The lowest BCUT2D eigenvalue weighted by Gasteiger charge is -2.39. The molecule has 1 aliphatic carbocycles. The lowest BCUT2D eigenvalue weighted by atomic mass is 9.71. The zero-order valence-electron chi connectivity index (χ0n) is 43.1. The number of halogens is 1. The fraction of sp³-hybridized carbons (Fsp3) is 0.585. The van der Waals surface area contributed by atoms with Crippen LogP contribution in [0.2, 0.25) is 5.02 Å². The molecule has 2 aromatic carbocycles. The largest absolute Gasteiger partial charge is 0.378 e. The minimum atomic E-state index is -0.0496. The van der Waals surface area contributed by atoms with Gasteiger partial charge in [0.2, 0.25) is 5.91 Å². The van der Waals surface area contributed by atoms with Gasteiger partial charge < -0.3 is 34.5 Å². The molecule has 15 nitrogen and oxygen atoms in total. The van der Waals surface area contributed by atoms with Gasteiger partial charge in [-0.05, 0) is 115 Å². The van der Waals surface area contributed by atoms with E-state index < -0.39 is 0 Å². The molecule has 7 rings (SSSR count). The molecule has 1 amide bonds. The molecule has 70 heavy (non-hydrogen) atoms. The van der Waals surface area contributed by atoms with Crippen molar-refractivity contribution in [2.75, 3.05) is 98.4 Å². The Labute approximate surface area is 425 Å². The van der Waals surface area contributed by atoms with E-state index in [-0.39, 0.29) is 5.91 Å². The van der Waals surface area contributed by atoms with Crippen molar-refractivity contribution >= 4 is 51.3 Å². The predicted octanol–water partition coefficient (Wildman–Crippen LogP) is 8.86. The van der Waals surface area contributed by atoms with Crippen LogP contribution in [0.4, 0.5) is 5.82 Å². The lowest BCUT2D eigenvalue weighted by Crippen LogP contribution is -2.37. The van der Waals surface area contributed by atoms with E-state index in [4.69, 9.17) is 45.5 Å². The highest BCUT2D eigenvalue weighted by molar-refractivity contribution is 7.15. The number of anilines is 1. The summed E-state index contributed by atoms with van der Waals surface area (Å²) in [7, 11) is 4.36. The molecule has 0 bridgehead atoms. The standard InChI is InChI=1S/C36H62N6O5.C17H15ClN4S/c1-29(43)37-17-20-44-22-24-46-26-27-47-25-23-45-21-19-41(5)18-9-16-38-35-32-10-7-8-11-33(32)39-34(40-35)28-42(6)31-14-12-30(13-15-31)36(2,3)4;1-9-10(2)23-17-15(9)16(12-4-6-13(18)7-5-12)19-8-14-21-20-11(3)22(14)17/h7-8,10-11,30-31H,9,12-28H2,1-6H3,(H,37,43)(H,38,39,40);4-7H,8H2,1-3H3. The summed E-state index contributed by atoms with van der Waals surface area (Å²) in [6.45, 7) is 23.7. The normalized spacial score (nSPS) is 15.9. The van der Waals surface area contributed by atoms with E-state index in [2.05, 4.69) is 108 Å². The molecule has 1 aliphatic heterocycles. The number of carbonyl (C=O) groups is 1. The van der Waals surface area contributed by atoms with Crippen LogP contribution in [0.25, 0.3) is 15.9 Å². The van der Waals surface area contributed by atoms with E-state index >= 15 is 0 Å². The third-order valence-corrected chi connectivity index (χ3v) is 14.6. The Balaban J connectivity index is 0.000000288. The van der Waals surface area contributed by atoms with E-state index in [0.29, 0.717) is 77.4 Å². The number of nitrogens with zero attached hydrogens (tertiary/aromatic N) is 8. The van der Waals surface area contributed by atoms with Gasteiger partial charge in [0.15, 0.2) is 5.82 Å². The van der Waals surface area contributed by atoms with Crippen LogP contribution in [0.15, 0.2) is 53.5 Å². The van der Waals surface area contributed by atoms with Gasteiger partial charge in [0, 0.05) is 59.0 Å². The SMILES string of the molecule is CC(=O)NCCOCCOCCOCCOCCN(C)CCCNc1nc(CN(C)C2CCC(C(C)(C)C)CC2)nc2ccccc12.Cc1sc2c(c1C)C(c1ccc(Cl)cc1)=NCc1nnc(C)n1-2. The summed E-state index contributed by atoms with van der Waals surface area (Å²) in [5, 5.41) is 17.8. The molecular weight excluding hydrogens is 924 g/mol. The van der Waals surface area contributed by atoms with Crippen LogP contribution in [0.5, 0.6) is 0 Å². The van der Waals surface area contributed by atoms with Gasteiger partial charge in [0.05, 0.1) is 70.6 Å². The molecule has 1 fully saturated rings. The number of aliphatic imine (C=N–C) groups is 1. The monoisotopic (exact) mass is 1000 g/mol. The first kappa shape index (κ1) is 54.9. The maximum absolute atomic E-state index is 10.8. The zero-order chi connectivity index (χ0) is 50.0. The van der Waals surface area contributed by atoms with Gasteiger partial charge in [0.25, 0.3) is 0 Å². The Bertz CT molecular complexity index is 2430. The second-order valence-electron chi connectivity index (χ2n) is 19.4. The van der Waals surface area contributed by atoms with Crippen LogP contribution < -0.4 is 10.6 Å². The Kier molecular flexibility index (Phi) is 21.5. The number of hydrogen-bond donors (Lipinski definition) is 2. The molecule has 17 heteroatoms. The van der Waals surface area contributed by atoms with Gasteiger partial charge >= 0.3 is 0 Å². The molecule has 0 spiro atoms. The second-order valence-corrected chi connectivity index (χ2v) is 21.1. The molecule has 0 unspecified atom stereocenters. The molecule has 0 saturated heterocycles. The maximum atomic E-state index is 10.8. The van der Waals surface area contributed by atoms with Crippen molar-refractivity contribution in [2.45, 2.75) is 99.7 Å². The zero-order valence-corrected chi connectivity index (χ0v) is 44.7. The first-order valence-electron chi connectivity index (χ1n) is 24.9. The third-order valence-electron chi connectivity index (χ3n) is 13.1. The van der Waals surface area contributed by atoms with Crippen molar-refractivity contribution in [3.05, 3.63) is 92.6 Å². The first-order valence-corrected chi connectivity index (χ1v) is 26.1. The Morgan fingerprint density at radius 1 is 0.829 bits per heavy atom. The predicted molar refractivity (Wildman–Crippen MR) is 283 cm³/mol. The number of benzene rings is 2. The van der Waals surface area contributed by atoms with E-state index in [9.17, 15) is 4.79 Å². The van der Waals surface area contributed by atoms with Crippen LogP contribution in [0.1, 0.15) is 98.8 Å². The summed E-state index contributed by atoms with van der Waals surface area (Å²) in [4.78, 5) is 31.6. The summed E-state index contributed by atoms with van der Waals surface area (Å²) in [6, 6.07) is 16.8. The fourth-order valence-corrected chi connectivity index (χ4v) is 10.3. The Hall–Kier alpha value is -4.39. The van der Waals surface area contributed by atoms with Crippen molar-refractivity contribution in [1.29, 1.82) is 0 Å². The summed E-state index contributed by atoms with van der Waals surface area (Å²) in [6.07, 6.45) is 6.11. The van der Waals surface area contributed by atoms with Gasteiger partial charge in [-0.15, -0.1) is 21.5 Å². The Morgan fingerprint density at radius 3 is 2.16 bits per heavy atom. The number of ether oxygens (including phenoxy) is 4. The number of thiophene rings is 1. The fourth-order valence-electron chi connectivity index (χ4n) is 8.90. The quantitative estimate of drug-likeness (QED) is 0.0568. The molecule has 2 aliphatic rings. The Morgan fingerprint density at radius 2 is 1.49 bits per heavy atom. The topological polar surface area (TPSA) is 153 Å². The van der Waals surface area contributed by atoms with Crippen molar-refractivity contribution in [3.8, 4) is 5.00 Å². The molecule has 2 N–H and O–H groups in total. The van der Waals surface area contributed by atoms with Crippen LogP contribution in [-0.4, -0.2) is 145 Å². The number of para-hydroxylation sites is 1. The van der Waals surface area contributed by atoms with Gasteiger partial charge in [-0.1, -0.05) is 56.6 Å². The number of carbonyl (C=O) groups excluding carboxylic acids is 1. The summed E-state index contributed by atoms with van der Waals surface area (Å²) < 4.78 is 24.3. The van der Waals surface area contributed by atoms with Gasteiger partial charge in [-0.3, -0.25) is 19.3 Å². The molecular formula is C53H77ClN10O5S. The van der Waals surface area contributed by atoms with E-state index in [1.54, 1.807) is 11.3 Å². The van der Waals surface area contributed by atoms with Crippen molar-refractivity contribution in [2.24, 2.45) is 16.3 Å². The third kappa shape index (κ3) is 16.3. The van der Waals surface area contributed by atoms with Crippen molar-refractivity contribution in [1.82, 2.24) is 39.8 Å². The molecule has 382 valence electrons. The highest BCUT2D eigenvalue weighted by atomic mass is 35.5. The molecule has 0 radical (unpaired) electrons. The number of rotatable bonds is 24. The molecule has 4 heterocycles. The minimum absolute atomic E-state index is 0.0496. The van der Waals surface area contributed by atoms with Gasteiger partial charge in [-0.2, -0.15) is 0 Å². The van der Waals surface area contributed by atoms with E-state index in [1.165, 1.54) is 48.6 Å². The summed E-state index contributed by atoms with van der Waals surface area (Å²) in [5.74, 6) is 4.36. The van der Waals surface area contributed by atoms with Crippen LogP contribution >= 0.6 is 22.9 Å². The highest BCUT2D eigenvalue weighted by Crippen LogP contribution is 2.39. The van der Waals surface area contributed by atoms with Crippen LogP contribution in [0, 0.1) is 32.1 Å². The second kappa shape index (κ2) is 27.4. The van der Waals surface area contributed by atoms with Gasteiger partial charge in [-0.25, -0.2) is 9.97 Å². The molecule has 1 saturated carbocycles. The number of hydrogen-bond acceptors (Lipinski definition) is 14. The van der Waals surface area contributed by atoms with Crippen molar-refractivity contribution < 1.29 is 23.7 Å². The average molecular weight is 1000 g/mol. The summed E-state index contributed by atoms with van der Waals surface area (Å²) >= 11 is 7.80. The van der Waals surface area contributed by atoms with Crippen molar-refractivity contribution in [3.63, 3.8) is 0 Å². The van der Waals surface area contributed by atoms with E-state index in [0.717, 1.165) is 94.0 Å². The minimum Gasteiger partial charge on any atom is -0.378 e. The number of aryl methyl sites for hydroxylation is 2.